The maximum Gasteiger partial charge on any atom is 0.293 e. The number of thioether (sulfide) groups is 1. The van der Waals surface area contributed by atoms with E-state index in [2.05, 4.69) is 15.9 Å². The van der Waals surface area contributed by atoms with Crippen LogP contribution in [0.1, 0.15) is 11.1 Å². The number of carbonyl (C=O) groups is 2. The third-order valence-electron chi connectivity index (χ3n) is 4.84. The van der Waals surface area contributed by atoms with Gasteiger partial charge in [-0.3, -0.25) is 14.5 Å². The number of nitrogens with zero attached hydrogens (tertiary/aromatic N) is 1. The number of carbonyl (C=O) groups excluding carboxylic acids is 2. The van der Waals surface area contributed by atoms with Crippen molar-refractivity contribution in [3.8, 4) is 11.5 Å². The molecule has 0 spiro atoms. The highest BCUT2D eigenvalue weighted by Crippen LogP contribution is 2.35. The average Bonchev–Trinajstić information content (AvgIpc) is 3.09. The van der Waals surface area contributed by atoms with E-state index >= 15 is 0 Å². The molecule has 5 nitrogen and oxygen atoms in total. The molecule has 174 valence electrons. The number of amides is 2. The molecule has 0 aromatic heterocycles. The molecule has 0 radical (unpaired) electrons. The molecule has 34 heavy (non-hydrogen) atoms. The number of hydrogen-bond donors (Lipinski definition) is 0. The molecule has 3 aromatic rings. The maximum atomic E-state index is 12.9. The van der Waals surface area contributed by atoms with E-state index in [1.165, 1.54) is 4.90 Å². The predicted octanol–water partition coefficient (Wildman–Crippen LogP) is 7.45. The molecule has 3 aromatic carbocycles. The van der Waals surface area contributed by atoms with Crippen molar-refractivity contribution in [3.05, 3.63) is 97.3 Å². The first-order chi connectivity index (χ1) is 16.4. The molecule has 2 amide bonds. The van der Waals surface area contributed by atoms with E-state index in [0.29, 0.717) is 32.0 Å². The molecule has 0 N–H and O–H groups in total. The van der Waals surface area contributed by atoms with E-state index in [9.17, 15) is 9.59 Å². The van der Waals surface area contributed by atoms with Crippen molar-refractivity contribution in [1.29, 1.82) is 0 Å². The first kappa shape index (κ1) is 24.7. The minimum absolute atomic E-state index is 0.163. The van der Waals surface area contributed by atoms with Crippen molar-refractivity contribution < 1.29 is 19.1 Å². The molecule has 1 fully saturated rings. The highest BCUT2D eigenvalue weighted by Gasteiger charge is 2.35. The Kier molecular flexibility index (Phi) is 8.21. The molecule has 9 heteroatoms. The molecular formula is C25H18BrCl2NO4S. The quantitative estimate of drug-likeness (QED) is 0.260. The lowest BCUT2D eigenvalue weighted by Crippen LogP contribution is -2.32. The van der Waals surface area contributed by atoms with Crippen molar-refractivity contribution in [1.82, 2.24) is 4.90 Å². The molecule has 1 aliphatic heterocycles. The van der Waals surface area contributed by atoms with Gasteiger partial charge < -0.3 is 9.47 Å². The van der Waals surface area contributed by atoms with E-state index < -0.39 is 0 Å². The Morgan fingerprint density at radius 3 is 2.50 bits per heavy atom. The normalized spacial score (nSPS) is 14.7. The van der Waals surface area contributed by atoms with Crippen LogP contribution >= 0.6 is 50.9 Å². The van der Waals surface area contributed by atoms with Crippen LogP contribution < -0.4 is 9.47 Å². The van der Waals surface area contributed by atoms with Crippen LogP contribution in [0.25, 0.3) is 6.08 Å². The minimum atomic E-state index is -0.359. The highest BCUT2D eigenvalue weighted by atomic mass is 79.9. The van der Waals surface area contributed by atoms with Gasteiger partial charge in [0, 0.05) is 10.0 Å². The first-order valence-corrected chi connectivity index (χ1v) is 12.6. The number of para-hydroxylation sites is 1. The third kappa shape index (κ3) is 6.16. The summed E-state index contributed by atoms with van der Waals surface area (Å²) < 4.78 is 12.4. The number of ether oxygens (including phenoxy) is 2. The summed E-state index contributed by atoms with van der Waals surface area (Å²) in [6, 6.07) is 20.0. The second-order valence-electron chi connectivity index (χ2n) is 7.21. The van der Waals surface area contributed by atoms with Crippen molar-refractivity contribution in [2.24, 2.45) is 0 Å². The van der Waals surface area contributed by atoms with Crippen molar-refractivity contribution in [2.45, 2.75) is 6.61 Å². The van der Waals surface area contributed by atoms with Gasteiger partial charge in [-0.2, -0.15) is 0 Å². The van der Waals surface area contributed by atoms with E-state index in [1.54, 1.807) is 24.3 Å². The molecule has 0 bridgehead atoms. The maximum absolute atomic E-state index is 12.9. The Morgan fingerprint density at radius 2 is 1.74 bits per heavy atom. The lowest BCUT2D eigenvalue weighted by atomic mass is 10.1. The smallest absolute Gasteiger partial charge is 0.293 e. The summed E-state index contributed by atoms with van der Waals surface area (Å²) in [6.07, 6.45) is 1.66. The van der Waals surface area contributed by atoms with Gasteiger partial charge in [0.2, 0.25) is 0 Å². The number of hydrogen-bond acceptors (Lipinski definition) is 5. The summed E-state index contributed by atoms with van der Waals surface area (Å²) in [6.45, 7) is 0.637. The molecule has 0 unspecified atom stereocenters. The Hall–Kier alpha value is -2.45. The van der Waals surface area contributed by atoms with Gasteiger partial charge in [0.05, 0.1) is 21.5 Å². The van der Waals surface area contributed by atoms with Crippen LogP contribution in [-0.4, -0.2) is 29.2 Å². The van der Waals surface area contributed by atoms with Crippen molar-refractivity contribution in [2.75, 3.05) is 13.2 Å². The number of halogens is 3. The largest absolute Gasteiger partial charge is 0.492 e. The monoisotopic (exact) mass is 577 g/mol. The van der Waals surface area contributed by atoms with Gasteiger partial charge in [0.1, 0.15) is 24.7 Å². The topological polar surface area (TPSA) is 55.8 Å². The van der Waals surface area contributed by atoms with Gasteiger partial charge in [-0.05, 0) is 65.9 Å². The molecular weight excluding hydrogens is 561 g/mol. The van der Waals surface area contributed by atoms with Gasteiger partial charge in [0.15, 0.2) is 0 Å². The van der Waals surface area contributed by atoms with E-state index in [4.69, 9.17) is 32.7 Å². The molecule has 1 heterocycles. The fourth-order valence-corrected chi connectivity index (χ4v) is 4.71. The van der Waals surface area contributed by atoms with E-state index in [-0.39, 0.29) is 30.9 Å². The number of rotatable bonds is 8. The average molecular weight is 579 g/mol. The Bertz CT molecular complexity index is 1250. The summed E-state index contributed by atoms with van der Waals surface area (Å²) in [5.74, 6) is 0.887. The zero-order chi connectivity index (χ0) is 24.1. The van der Waals surface area contributed by atoms with Gasteiger partial charge in [-0.25, -0.2) is 0 Å². The van der Waals surface area contributed by atoms with Crippen LogP contribution in [0, 0.1) is 0 Å². The lowest BCUT2D eigenvalue weighted by Gasteiger charge is -2.13. The Labute approximate surface area is 219 Å². The van der Waals surface area contributed by atoms with E-state index in [0.717, 1.165) is 21.8 Å². The zero-order valence-electron chi connectivity index (χ0n) is 17.7. The summed E-state index contributed by atoms with van der Waals surface area (Å²) in [5, 5.41) is 0.588. The Morgan fingerprint density at radius 1 is 0.941 bits per heavy atom. The molecule has 1 saturated heterocycles. The van der Waals surface area contributed by atoms with Crippen molar-refractivity contribution in [3.63, 3.8) is 0 Å². The molecule has 0 atom stereocenters. The first-order valence-electron chi connectivity index (χ1n) is 10.2. The standard InChI is InChI=1S/C25H18BrCl2NO4S/c26-18-7-9-22(33-15-16-6-8-20(27)21(28)12-16)17(13-18)14-23-24(30)29(25(31)34-23)10-11-32-19-4-2-1-3-5-19/h1-9,12-14H,10-11,15H2/b23-14-. The zero-order valence-corrected chi connectivity index (χ0v) is 21.6. The van der Waals surface area contributed by atoms with Crippen molar-refractivity contribution >= 4 is 68.1 Å². The van der Waals surface area contributed by atoms with Gasteiger partial charge >= 0.3 is 0 Å². The predicted molar refractivity (Wildman–Crippen MR) is 140 cm³/mol. The van der Waals surface area contributed by atoms with Crippen LogP contribution in [0.15, 0.2) is 76.1 Å². The van der Waals surface area contributed by atoms with Crippen LogP contribution in [0.2, 0.25) is 10.0 Å². The van der Waals surface area contributed by atoms with Crippen LogP contribution in [0.4, 0.5) is 4.79 Å². The highest BCUT2D eigenvalue weighted by molar-refractivity contribution is 9.10. The summed E-state index contributed by atoms with van der Waals surface area (Å²) in [4.78, 5) is 26.9. The summed E-state index contributed by atoms with van der Waals surface area (Å²) in [7, 11) is 0. The van der Waals surface area contributed by atoms with Gasteiger partial charge in [-0.15, -0.1) is 0 Å². The second kappa shape index (κ2) is 11.3. The lowest BCUT2D eigenvalue weighted by molar-refractivity contribution is -0.123. The van der Waals surface area contributed by atoms with E-state index in [1.807, 2.05) is 48.5 Å². The Balaban J connectivity index is 1.46. The fraction of sp³-hybridized carbons (Fsp3) is 0.120. The third-order valence-corrected chi connectivity index (χ3v) is 6.98. The summed E-state index contributed by atoms with van der Waals surface area (Å²) >= 11 is 16.4. The summed E-state index contributed by atoms with van der Waals surface area (Å²) in [5.41, 5.74) is 1.52. The molecule has 4 rings (SSSR count). The minimum Gasteiger partial charge on any atom is -0.492 e. The van der Waals surface area contributed by atoms with Crippen LogP contribution in [0.5, 0.6) is 11.5 Å². The van der Waals surface area contributed by atoms with Gasteiger partial charge in [0.25, 0.3) is 11.1 Å². The molecule has 1 aliphatic rings. The second-order valence-corrected chi connectivity index (χ2v) is 9.94. The van der Waals surface area contributed by atoms with Gasteiger partial charge in [-0.1, -0.05) is 63.4 Å². The number of benzene rings is 3. The molecule has 0 saturated carbocycles. The SMILES string of the molecule is O=C1S/C(=C\c2cc(Br)ccc2OCc2ccc(Cl)c(Cl)c2)C(=O)N1CCOc1ccccc1. The van der Waals surface area contributed by atoms with Crippen LogP contribution in [-0.2, 0) is 11.4 Å². The molecule has 0 aliphatic carbocycles. The fourth-order valence-electron chi connectivity index (χ4n) is 3.16. The van der Waals surface area contributed by atoms with Crippen LogP contribution in [0.3, 0.4) is 0 Å². The number of imide groups is 1.